The molecule has 0 aromatic carbocycles. The van der Waals surface area contributed by atoms with E-state index in [0.717, 1.165) is 23.3 Å². The minimum atomic E-state index is 0.0760. The third-order valence-corrected chi connectivity index (χ3v) is 4.62. The fourth-order valence-corrected chi connectivity index (χ4v) is 3.30. The van der Waals surface area contributed by atoms with Crippen molar-refractivity contribution in [3.8, 4) is 0 Å². The average Bonchev–Trinajstić information content (AvgIpc) is 3.07. The molecule has 22 heavy (non-hydrogen) atoms. The summed E-state index contributed by atoms with van der Waals surface area (Å²) < 4.78 is 5.79. The number of aryl methyl sites for hydroxylation is 1. The molecule has 0 aliphatic carbocycles. The molecule has 2 aromatic heterocycles. The van der Waals surface area contributed by atoms with Gasteiger partial charge < -0.3 is 15.4 Å². The summed E-state index contributed by atoms with van der Waals surface area (Å²) in [6.07, 6.45) is 3.54. The van der Waals surface area contributed by atoms with Crippen LogP contribution in [-0.2, 0) is 11.2 Å². The Labute approximate surface area is 133 Å². The number of ether oxygens (including phenoxy) is 1. The van der Waals surface area contributed by atoms with Crippen molar-refractivity contribution in [2.75, 3.05) is 25.4 Å². The van der Waals surface area contributed by atoms with Crippen LogP contribution >= 0.6 is 11.3 Å². The van der Waals surface area contributed by atoms with Crippen LogP contribution in [0.15, 0.2) is 35.8 Å². The first-order valence-corrected chi connectivity index (χ1v) is 8.25. The number of hydrogen-bond acceptors (Lipinski definition) is 5. The molecule has 1 amide bonds. The monoisotopic (exact) mass is 317 g/mol. The van der Waals surface area contributed by atoms with Gasteiger partial charge in [0.2, 0.25) is 0 Å². The number of hydrogen-bond donors (Lipinski definition) is 1. The Morgan fingerprint density at radius 3 is 3.18 bits per heavy atom. The van der Waals surface area contributed by atoms with E-state index in [0.29, 0.717) is 25.5 Å². The van der Waals surface area contributed by atoms with E-state index >= 15 is 0 Å². The van der Waals surface area contributed by atoms with Crippen molar-refractivity contribution in [2.24, 2.45) is 0 Å². The number of pyridine rings is 1. The Kier molecular flexibility index (Phi) is 4.70. The third kappa shape index (κ3) is 3.64. The van der Waals surface area contributed by atoms with Crippen LogP contribution in [0.3, 0.4) is 0 Å². The molecule has 116 valence electrons. The highest BCUT2D eigenvalue weighted by Crippen LogP contribution is 2.17. The van der Waals surface area contributed by atoms with Gasteiger partial charge in [0, 0.05) is 19.3 Å². The summed E-state index contributed by atoms with van der Waals surface area (Å²) in [6, 6.07) is 7.63. The van der Waals surface area contributed by atoms with Gasteiger partial charge >= 0.3 is 0 Å². The second kappa shape index (κ2) is 6.89. The Morgan fingerprint density at radius 2 is 2.41 bits per heavy atom. The smallest absolute Gasteiger partial charge is 0.264 e. The molecule has 1 saturated heterocycles. The number of amides is 1. The summed E-state index contributed by atoms with van der Waals surface area (Å²) in [5, 5.41) is 1.93. The van der Waals surface area contributed by atoms with Crippen LogP contribution in [0.4, 0.5) is 5.82 Å². The van der Waals surface area contributed by atoms with Crippen LogP contribution in [0.2, 0.25) is 0 Å². The van der Waals surface area contributed by atoms with Gasteiger partial charge in [0.15, 0.2) is 0 Å². The van der Waals surface area contributed by atoms with Crippen molar-refractivity contribution in [3.63, 3.8) is 0 Å². The molecular formula is C16H19N3O2S. The molecule has 3 heterocycles. The van der Waals surface area contributed by atoms with E-state index in [1.165, 1.54) is 11.3 Å². The fraction of sp³-hybridized carbons (Fsp3) is 0.375. The normalized spacial score (nSPS) is 18.4. The first kappa shape index (κ1) is 15.0. The van der Waals surface area contributed by atoms with Crippen molar-refractivity contribution in [3.05, 3.63) is 46.3 Å². The molecule has 1 aliphatic heterocycles. The van der Waals surface area contributed by atoms with E-state index in [9.17, 15) is 4.79 Å². The molecule has 1 unspecified atom stereocenters. The Balaban J connectivity index is 1.55. The maximum atomic E-state index is 12.4. The van der Waals surface area contributed by atoms with Gasteiger partial charge in [-0.2, -0.15) is 0 Å². The van der Waals surface area contributed by atoms with E-state index in [2.05, 4.69) is 4.98 Å². The van der Waals surface area contributed by atoms with Crippen LogP contribution in [0.25, 0.3) is 0 Å². The Hall–Kier alpha value is -1.92. The molecule has 1 fully saturated rings. The van der Waals surface area contributed by atoms with Crippen molar-refractivity contribution in [1.29, 1.82) is 0 Å². The molecule has 1 atom stereocenters. The molecule has 0 radical (unpaired) electrons. The largest absolute Gasteiger partial charge is 0.384 e. The molecule has 0 bridgehead atoms. The number of carbonyl (C=O) groups excluding carboxylic acids is 1. The van der Waals surface area contributed by atoms with Gasteiger partial charge in [0.1, 0.15) is 5.82 Å². The second-order valence-electron chi connectivity index (χ2n) is 5.35. The number of thiophene rings is 1. The van der Waals surface area contributed by atoms with Crippen LogP contribution in [0, 0.1) is 0 Å². The summed E-state index contributed by atoms with van der Waals surface area (Å²) in [7, 11) is 0. The zero-order valence-electron chi connectivity index (χ0n) is 12.3. The molecule has 6 heteroatoms. The van der Waals surface area contributed by atoms with Crippen molar-refractivity contribution in [1.82, 2.24) is 9.88 Å². The van der Waals surface area contributed by atoms with Crippen LogP contribution in [0.1, 0.15) is 21.7 Å². The minimum absolute atomic E-state index is 0.0760. The van der Waals surface area contributed by atoms with Gasteiger partial charge in [0.05, 0.1) is 17.6 Å². The first-order valence-electron chi connectivity index (χ1n) is 7.37. The lowest BCUT2D eigenvalue weighted by atomic mass is 10.1. The fourth-order valence-electron chi connectivity index (χ4n) is 2.61. The number of nitrogen functional groups attached to an aromatic ring is 1. The number of rotatable bonds is 4. The molecule has 5 nitrogen and oxygen atoms in total. The van der Waals surface area contributed by atoms with Crippen molar-refractivity contribution >= 4 is 23.1 Å². The number of anilines is 1. The van der Waals surface area contributed by atoms with E-state index in [1.54, 1.807) is 6.20 Å². The summed E-state index contributed by atoms with van der Waals surface area (Å²) in [6.45, 7) is 1.91. The summed E-state index contributed by atoms with van der Waals surface area (Å²) >= 11 is 1.48. The Morgan fingerprint density at radius 1 is 1.50 bits per heavy atom. The van der Waals surface area contributed by atoms with Crippen molar-refractivity contribution < 1.29 is 9.53 Å². The van der Waals surface area contributed by atoms with Crippen LogP contribution < -0.4 is 5.73 Å². The molecule has 2 N–H and O–H groups in total. The zero-order valence-corrected chi connectivity index (χ0v) is 13.1. The maximum Gasteiger partial charge on any atom is 0.264 e. The quantitative estimate of drug-likeness (QED) is 0.938. The van der Waals surface area contributed by atoms with Crippen molar-refractivity contribution in [2.45, 2.75) is 18.9 Å². The van der Waals surface area contributed by atoms with Gasteiger partial charge in [-0.05, 0) is 42.0 Å². The summed E-state index contributed by atoms with van der Waals surface area (Å²) in [5.74, 6) is 0.646. The number of carbonyl (C=O) groups is 1. The third-order valence-electron chi connectivity index (χ3n) is 3.76. The standard InChI is InChI=1S/C16H19N3O2S/c17-15-10-12(5-6-18-15)3-4-13-11-19(7-8-21-13)16(20)14-2-1-9-22-14/h1-2,5-6,9-10,13H,3-4,7-8,11H2,(H2,17,18). The lowest BCUT2D eigenvalue weighted by Crippen LogP contribution is -2.45. The van der Waals surface area contributed by atoms with E-state index in [-0.39, 0.29) is 12.0 Å². The van der Waals surface area contributed by atoms with E-state index in [1.807, 2.05) is 34.5 Å². The van der Waals surface area contributed by atoms with Crippen LogP contribution in [-0.4, -0.2) is 41.6 Å². The Bertz CT molecular complexity index is 630. The molecule has 2 aromatic rings. The highest BCUT2D eigenvalue weighted by molar-refractivity contribution is 7.12. The predicted octanol–water partition coefficient (Wildman–Crippen LogP) is 2.20. The predicted molar refractivity (Wildman–Crippen MR) is 86.9 cm³/mol. The zero-order chi connectivity index (χ0) is 15.4. The highest BCUT2D eigenvalue weighted by Gasteiger charge is 2.25. The van der Waals surface area contributed by atoms with Gasteiger partial charge in [0.25, 0.3) is 5.91 Å². The lowest BCUT2D eigenvalue weighted by Gasteiger charge is -2.32. The van der Waals surface area contributed by atoms with E-state index in [4.69, 9.17) is 10.5 Å². The average molecular weight is 317 g/mol. The lowest BCUT2D eigenvalue weighted by molar-refractivity contribution is -0.0244. The van der Waals surface area contributed by atoms with Gasteiger partial charge in [-0.1, -0.05) is 6.07 Å². The number of nitrogens with zero attached hydrogens (tertiary/aromatic N) is 2. The van der Waals surface area contributed by atoms with E-state index < -0.39 is 0 Å². The number of nitrogens with two attached hydrogens (primary N) is 1. The van der Waals surface area contributed by atoms with Gasteiger partial charge in [-0.3, -0.25) is 4.79 Å². The topological polar surface area (TPSA) is 68.5 Å². The maximum absolute atomic E-state index is 12.4. The second-order valence-corrected chi connectivity index (χ2v) is 6.30. The molecule has 0 saturated carbocycles. The van der Waals surface area contributed by atoms with Gasteiger partial charge in [-0.25, -0.2) is 4.98 Å². The SMILES string of the molecule is Nc1cc(CCC2CN(C(=O)c3cccs3)CCO2)ccn1. The van der Waals surface area contributed by atoms with Gasteiger partial charge in [-0.15, -0.1) is 11.3 Å². The summed E-state index contributed by atoms with van der Waals surface area (Å²) in [4.78, 5) is 19.1. The highest BCUT2D eigenvalue weighted by atomic mass is 32.1. The first-order chi connectivity index (χ1) is 10.7. The minimum Gasteiger partial charge on any atom is -0.384 e. The summed E-state index contributed by atoms with van der Waals surface area (Å²) in [5.41, 5.74) is 6.84. The number of aromatic nitrogens is 1. The number of morpholine rings is 1. The molecule has 0 spiro atoms. The van der Waals surface area contributed by atoms with Crippen LogP contribution in [0.5, 0.6) is 0 Å². The molecule has 1 aliphatic rings. The molecule has 3 rings (SSSR count). The molecular weight excluding hydrogens is 298 g/mol.